The highest BCUT2D eigenvalue weighted by atomic mass is 16.5. The second kappa shape index (κ2) is 9.36. The van der Waals surface area contributed by atoms with Gasteiger partial charge < -0.3 is 25.4 Å². The first-order chi connectivity index (χ1) is 10.1. The molecular weight excluding hydrogens is 270 g/mol. The van der Waals surface area contributed by atoms with Crippen LogP contribution in [0.2, 0.25) is 0 Å². The summed E-state index contributed by atoms with van der Waals surface area (Å²) in [6.07, 6.45) is 1.90. The molecule has 0 atom stereocenters. The molecule has 7 heteroatoms. The molecule has 0 spiro atoms. The first-order valence-electron chi connectivity index (χ1n) is 7.25. The predicted octanol–water partition coefficient (Wildman–Crippen LogP) is 1.36. The second-order valence-electron chi connectivity index (χ2n) is 5.07. The Kier molecular flexibility index (Phi) is 7.78. The zero-order valence-electron chi connectivity index (χ0n) is 13.5. The maximum Gasteiger partial charge on any atom is 0.242 e. The Bertz CT molecular complexity index is 426. The van der Waals surface area contributed by atoms with Gasteiger partial charge in [-0.2, -0.15) is 4.98 Å². The lowest BCUT2D eigenvalue weighted by Gasteiger charge is -2.14. The Labute approximate surface area is 126 Å². The van der Waals surface area contributed by atoms with E-state index in [9.17, 15) is 0 Å². The number of rotatable bonds is 10. The summed E-state index contributed by atoms with van der Waals surface area (Å²) in [6.45, 7) is 4.73. The van der Waals surface area contributed by atoms with E-state index in [-0.39, 0.29) is 0 Å². The normalized spacial score (nSPS) is 10.9. The molecule has 0 bridgehead atoms. The fourth-order valence-corrected chi connectivity index (χ4v) is 1.73. The van der Waals surface area contributed by atoms with E-state index in [1.165, 1.54) is 0 Å². The van der Waals surface area contributed by atoms with E-state index in [0.29, 0.717) is 36.4 Å². The molecule has 21 heavy (non-hydrogen) atoms. The van der Waals surface area contributed by atoms with Gasteiger partial charge in [0.15, 0.2) is 11.6 Å². The summed E-state index contributed by atoms with van der Waals surface area (Å²) < 4.78 is 10.7. The lowest BCUT2D eigenvalue weighted by Crippen LogP contribution is -2.18. The van der Waals surface area contributed by atoms with E-state index in [1.807, 2.05) is 21.0 Å². The van der Waals surface area contributed by atoms with Crippen molar-refractivity contribution in [2.24, 2.45) is 0 Å². The van der Waals surface area contributed by atoms with Gasteiger partial charge in [-0.1, -0.05) is 6.92 Å². The minimum absolute atomic E-state index is 0.329. The number of anilines is 2. The van der Waals surface area contributed by atoms with E-state index in [1.54, 1.807) is 7.11 Å². The van der Waals surface area contributed by atoms with Gasteiger partial charge in [0.1, 0.15) is 12.3 Å². The molecule has 1 heterocycles. The van der Waals surface area contributed by atoms with Crippen molar-refractivity contribution in [3.8, 4) is 5.88 Å². The lowest BCUT2D eigenvalue weighted by atomic mass is 10.3. The van der Waals surface area contributed by atoms with Crippen LogP contribution >= 0.6 is 0 Å². The molecule has 0 aromatic carbocycles. The number of ether oxygens (including phenoxy) is 2. The van der Waals surface area contributed by atoms with Gasteiger partial charge in [-0.05, 0) is 33.5 Å². The minimum Gasteiger partial charge on any atom is -0.476 e. The number of aromatic nitrogens is 2. The third-order valence-corrected chi connectivity index (χ3v) is 2.75. The topological polar surface area (TPSA) is 85.5 Å². The van der Waals surface area contributed by atoms with Crippen LogP contribution in [-0.2, 0) is 11.3 Å². The quantitative estimate of drug-likeness (QED) is 0.631. The molecule has 0 aliphatic rings. The molecule has 0 aliphatic heterocycles. The largest absolute Gasteiger partial charge is 0.476 e. The number of nitrogens with two attached hydrogens (primary N) is 1. The summed E-state index contributed by atoms with van der Waals surface area (Å²) in [5.41, 5.74) is 6.52. The number of nitrogens with zero attached hydrogens (tertiary/aromatic N) is 3. The number of nitrogens with one attached hydrogen (secondary N) is 1. The van der Waals surface area contributed by atoms with Gasteiger partial charge in [0.2, 0.25) is 5.88 Å². The fourth-order valence-electron chi connectivity index (χ4n) is 1.73. The zero-order valence-corrected chi connectivity index (χ0v) is 13.5. The molecule has 3 N–H and O–H groups in total. The molecule has 1 rings (SSSR count). The van der Waals surface area contributed by atoms with E-state index in [2.05, 4.69) is 20.2 Å². The van der Waals surface area contributed by atoms with Crippen LogP contribution in [0.3, 0.4) is 0 Å². The molecule has 0 saturated carbocycles. The summed E-state index contributed by atoms with van der Waals surface area (Å²) in [5, 5.41) is 3.25. The Morgan fingerprint density at radius 3 is 2.67 bits per heavy atom. The van der Waals surface area contributed by atoms with Crippen LogP contribution in [0.15, 0.2) is 0 Å². The predicted molar refractivity (Wildman–Crippen MR) is 84.6 cm³/mol. The SMILES string of the molecule is CCCOc1nc(COC)nc(NCCCN(C)C)c1N. The van der Waals surface area contributed by atoms with Crippen LogP contribution < -0.4 is 15.8 Å². The van der Waals surface area contributed by atoms with Crippen molar-refractivity contribution in [1.82, 2.24) is 14.9 Å². The minimum atomic E-state index is 0.329. The van der Waals surface area contributed by atoms with Gasteiger partial charge in [-0.3, -0.25) is 0 Å². The van der Waals surface area contributed by atoms with Crippen molar-refractivity contribution in [3.05, 3.63) is 5.82 Å². The fraction of sp³-hybridized carbons (Fsp3) is 0.714. The molecule has 0 unspecified atom stereocenters. The average Bonchev–Trinajstić information content (AvgIpc) is 2.44. The molecule has 0 radical (unpaired) electrons. The van der Waals surface area contributed by atoms with Gasteiger partial charge in [0.05, 0.1) is 6.61 Å². The summed E-state index contributed by atoms with van der Waals surface area (Å²) in [6, 6.07) is 0. The highest BCUT2D eigenvalue weighted by Gasteiger charge is 2.12. The van der Waals surface area contributed by atoms with Crippen LogP contribution in [0.5, 0.6) is 5.88 Å². The first-order valence-corrected chi connectivity index (χ1v) is 7.25. The highest BCUT2D eigenvalue weighted by Crippen LogP contribution is 2.26. The van der Waals surface area contributed by atoms with Gasteiger partial charge in [0, 0.05) is 13.7 Å². The summed E-state index contributed by atoms with van der Waals surface area (Å²) >= 11 is 0. The van der Waals surface area contributed by atoms with Gasteiger partial charge in [-0.25, -0.2) is 4.98 Å². The van der Waals surface area contributed by atoms with Gasteiger partial charge in [-0.15, -0.1) is 0 Å². The molecule has 1 aromatic rings. The molecular formula is C14H27N5O2. The van der Waals surface area contributed by atoms with Crippen molar-refractivity contribution >= 4 is 11.5 Å². The zero-order chi connectivity index (χ0) is 15.7. The Morgan fingerprint density at radius 1 is 1.29 bits per heavy atom. The molecule has 120 valence electrons. The lowest BCUT2D eigenvalue weighted by molar-refractivity contribution is 0.176. The monoisotopic (exact) mass is 297 g/mol. The highest BCUT2D eigenvalue weighted by molar-refractivity contribution is 5.66. The van der Waals surface area contributed by atoms with Gasteiger partial charge in [0.25, 0.3) is 0 Å². The molecule has 7 nitrogen and oxygen atoms in total. The number of hydrogen-bond acceptors (Lipinski definition) is 7. The van der Waals surface area contributed by atoms with Crippen molar-refractivity contribution in [2.45, 2.75) is 26.4 Å². The van der Waals surface area contributed by atoms with Crippen LogP contribution in [0, 0.1) is 0 Å². The van der Waals surface area contributed by atoms with Crippen molar-refractivity contribution < 1.29 is 9.47 Å². The summed E-state index contributed by atoms with van der Waals surface area (Å²) in [4.78, 5) is 10.8. The first kappa shape index (κ1) is 17.5. The van der Waals surface area contributed by atoms with Crippen molar-refractivity contribution in [2.75, 3.05) is 52.0 Å². The molecule has 0 amide bonds. The van der Waals surface area contributed by atoms with Crippen LogP contribution in [-0.4, -0.2) is 55.8 Å². The second-order valence-corrected chi connectivity index (χ2v) is 5.07. The van der Waals surface area contributed by atoms with E-state index in [4.69, 9.17) is 15.2 Å². The third kappa shape index (κ3) is 6.14. The van der Waals surface area contributed by atoms with Crippen LogP contribution in [0.4, 0.5) is 11.5 Å². The number of methoxy groups -OCH3 is 1. The standard InChI is InChI=1S/C14H27N5O2/c1-5-9-21-14-12(15)13(16-7-6-8-19(2)3)17-11(18-14)10-20-4/h5-10,15H2,1-4H3,(H,16,17,18). The third-order valence-electron chi connectivity index (χ3n) is 2.75. The number of nitrogen functional groups attached to an aromatic ring is 1. The van der Waals surface area contributed by atoms with Gasteiger partial charge >= 0.3 is 0 Å². The maximum atomic E-state index is 6.07. The Hall–Kier alpha value is -1.60. The smallest absolute Gasteiger partial charge is 0.242 e. The van der Waals surface area contributed by atoms with Crippen molar-refractivity contribution in [3.63, 3.8) is 0 Å². The molecule has 0 saturated heterocycles. The van der Waals surface area contributed by atoms with E-state index in [0.717, 1.165) is 25.9 Å². The van der Waals surface area contributed by atoms with E-state index < -0.39 is 0 Å². The van der Waals surface area contributed by atoms with E-state index >= 15 is 0 Å². The number of hydrogen-bond donors (Lipinski definition) is 2. The Morgan fingerprint density at radius 2 is 2.05 bits per heavy atom. The maximum absolute atomic E-state index is 6.07. The molecule has 0 aliphatic carbocycles. The van der Waals surface area contributed by atoms with Crippen LogP contribution in [0.25, 0.3) is 0 Å². The molecule has 1 aromatic heterocycles. The summed E-state index contributed by atoms with van der Waals surface area (Å²) in [5.74, 6) is 1.60. The summed E-state index contributed by atoms with van der Waals surface area (Å²) in [7, 11) is 5.70. The average molecular weight is 297 g/mol. The van der Waals surface area contributed by atoms with Crippen LogP contribution in [0.1, 0.15) is 25.6 Å². The van der Waals surface area contributed by atoms with Crippen molar-refractivity contribution in [1.29, 1.82) is 0 Å². The molecule has 0 fully saturated rings. The Balaban J connectivity index is 2.76.